The molecule has 0 bridgehead atoms. The molecule has 142 valence electrons. The van der Waals surface area contributed by atoms with Crippen molar-refractivity contribution in [1.82, 2.24) is 9.80 Å². The molecule has 4 nitrogen and oxygen atoms in total. The molecule has 1 atom stereocenters. The Morgan fingerprint density at radius 3 is 2.56 bits per heavy atom. The van der Waals surface area contributed by atoms with Crippen molar-refractivity contribution in [3.63, 3.8) is 0 Å². The Morgan fingerprint density at radius 2 is 1.85 bits per heavy atom. The van der Waals surface area contributed by atoms with Crippen LogP contribution >= 0.6 is 0 Å². The predicted octanol–water partition coefficient (Wildman–Crippen LogP) is 3.39. The molecule has 1 amide bonds. The van der Waals surface area contributed by atoms with Gasteiger partial charge in [-0.1, -0.05) is 42.5 Å². The van der Waals surface area contributed by atoms with Gasteiger partial charge in [-0.2, -0.15) is 0 Å². The Kier molecular flexibility index (Phi) is 5.50. The lowest BCUT2D eigenvalue weighted by Gasteiger charge is -2.34. The van der Waals surface area contributed by atoms with E-state index in [4.69, 9.17) is 4.74 Å². The SMILES string of the molecule is O=C(CN(Cc1ccccc1)C1CC1)N1CCOC(c2ccc(F)cc2)C1. The normalized spacial score (nSPS) is 20.1. The number of halogens is 1. The van der Waals surface area contributed by atoms with E-state index in [0.29, 0.717) is 32.3 Å². The highest BCUT2D eigenvalue weighted by molar-refractivity contribution is 5.78. The Balaban J connectivity index is 1.38. The first-order valence-electron chi connectivity index (χ1n) is 9.62. The summed E-state index contributed by atoms with van der Waals surface area (Å²) in [5, 5.41) is 0. The molecule has 27 heavy (non-hydrogen) atoms. The number of benzene rings is 2. The van der Waals surface area contributed by atoms with Crippen molar-refractivity contribution in [2.24, 2.45) is 0 Å². The molecular weight excluding hydrogens is 343 g/mol. The van der Waals surface area contributed by atoms with E-state index in [2.05, 4.69) is 17.0 Å². The number of rotatable bonds is 6. The first-order chi connectivity index (χ1) is 13.2. The average molecular weight is 368 g/mol. The standard InChI is InChI=1S/C22H25FN2O2/c23-19-8-6-18(7-9-19)21-15-24(12-13-27-21)22(26)16-25(20-10-11-20)14-17-4-2-1-3-5-17/h1-9,20-21H,10-16H2. The molecule has 5 heteroatoms. The van der Waals surface area contributed by atoms with Crippen LogP contribution in [-0.4, -0.2) is 48.0 Å². The summed E-state index contributed by atoms with van der Waals surface area (Å²) in [6, 6.07) is 17.2. The number of carbonyl (C=O) groups is 1. The van der Waals surface area contributed by atoms with E-state index in [0.717, 1.165) is 12.1 Å². The van der Waals surface area contributed by atoms with Gasteiger partial charge in [-0.25, -0.2) is 4.39 Å². The maximum absolute atomic E-state index is 13.2. The molecule has 1 unspecified atom stereocenters. The van der Waals surface area contributed by atoms with Crippen LogP contribution < -0.4 is 0 Å². The Hall–Kier alpha value is -2.24. The van der Waals surface area contributed by atoms with Crippen molar-refractivity contribution >= 4 is 5.91 Å². The van der Waals surface area contributed by atoms with E-state index in [9.17, 15) is 9.18 Å². The van der Waals surface area contributed by atoms with Gasteiger partial charge in [0.25, 0.3) is 0 Å². The lowest BCUT2D eigenvalue weighted by atomic mass is 10.1. The average Bonchev–Trinajstić information content (AvgIpc) is 3.54. The largest absolute Gasteiger partial charge is 0.370 e. The van der Waals surface area contributed by atoms with Crippen LogP contribution in [0.25, 0.3) is 0 Å². The number of hydrogen-bond acceptors (Lipinski definition) is 3. The van der Waals surface area contributed by atoms with Crippen LogP contribution in [0, 0.1) is 5.82 Å². The molecule has 0 aromatic heterocycles. The van der Waals surface area contributed by atoms with Gasteiger partial charge in [0.05, 0.1) is 19.7 Å². The molecule has 0 N–H and O–H groups in total. The minimum Gasteiger partial charge on any atom is -0.370 e. The first kappa shape index (κ1) is 18.1. The number of hydrogen-bond donors (Lipinski definition) is 0. The zero-order chi connectivity index (χ0) is 18.6. The topological polar surface area (TPSA) is 32.8 Å². The fraction of sp³-hybridized carbons (Fsp3) is 0.409. The zero-order valence-corrected chi connectivity index (χ0v) is 15.4. The Labute approximate surface area is 159 Å². The van der Waals surface area contributed by atoms with Crippen molar-refractivity contribution in [1.29, 1.82) is 0 Å². The fourth-order valence-corrected chi connectivity index (χ4v) is 3.60. The molecule has 2 fully saturated rings. The molecule has 4 rings (SSSR count). The quantitative estimate of drug-likeness (QED) is 0.784. The van der Waals surface area contributed by atoms with E-state index in [1.54, 1.807) is 12.1 Å². The van der Waals surface area contributed by atoms with E-state index in [1.165, 1.54) is 30.5 Å². The number of ether oxygens (including phenoxy) is 1. The number of amides is 1. The minimum absolute atomic E-state index is 0.147. The predicted molar refractivity (Wildman–Crippen MR) is 102 cm³/mol. The van der Waals surface area contributed by atoms with Gasteiger partial charge in [0, 0.05) is 19.1 Å². The molecule has 1 heterocycles. The van der Waals surface area contributed by atoms with Crippen molar-refractivity contribution in [3.05, 3.63) is 71.5 Å². The fourth-order valence-electron chi connectivity index (χ4n) is 3.60. The van der Waals surface area contributed by atoms with Crippen molar-refractivity contribution in [2.45, 2.75) is 31.5 Å². The van der Waals surface area contributed by atoms with Gasteiger partial charge in [0.1, 0.15) is 11.9 Å². The van der Waals surface area contributed by atoms with Crippen LogP contribution in [0.4, 0.5) is 4.39 Å². The van der Waals surface area contributed by atoms with Crippen LogP contribution in [0.1, 0.15) is 30.1 Å². The second-order valence-corrected chi connectivity index (χ2v) is 7.37. The molecular formula is C22H25FN2O2. The van der Waals surface area contributed by atoms with Crippen LogP contribution in [0.3, 0.4) is 0 Å². The van der Waals surface area contributed by atoms with E-state index in [-0.39, 0.29) is 17.8 Å². The second-order valence-electron chi connectivity index (χ2n) is 7.37. The number of morpholine rings is 1. The number of carbonyl (C=O) groups excluding carboxylic acids is 1. The lowest BCUT2D eigenvalue weighted by molar-refractivity contribution is -0.140. The molecule has 2 aromatic rings. The smallest absolute Gasteiger partial charge is 0.236 e. The minimum atomic E-state index is -0.261. The van der Waals surface area contributed by atoms with Gasteiger partial charge in [-0.15, -0.1) is 0 Å². The summed E-state index contributed by atoms with van der Waals surface area (Å²) in [5.74, 6) is -0.114. The monoisotopic (exact) mass is 368 g/mol. The molecule has 2 aliphatic rings. The molecule has 0 spiro atoms. The van der Waals surface area contributed by atoms with E-state index < -0.39 is 0 Å². The summed E-state index contributed by atoms with van der Waals surface area (Å²) in [6.07, 6.45) is 2.15. The van der Waals surface area contributed by atoms with E-state index >= 15 is 0 Å². The lowest BCUT2D eigenvalue weighted by Crippen LogP contribution is -2.47. The summed E-state index contributed by atoms with van der Waals surface area (Å²) in [5.41, 5.74) is 2.15. The Morgan fingerprint density at radius 1 is 1.11 bits per heavy atom. The summed E-state index contributed by atoms with van der Waals surface area (Å²) >= 11 is 0. The highest BCUT2D eigenvalue weighted by Gasteiger charge is 2.33. The number of nitrogens with zero attached hydrogens (tertiary/aromatic N) is 2. The van der Waals surface area contributed by atoms with E-state index in [1.807, 2.05) is 23.1 Å². The van der Waals surface area contributed by atoms with Crippen molar-refractivity contribution in [2.75, 3.05) is 26.2 Å². The van der Waals surface area contributed by atoms with Gasteiger partial charge in [-0.3, -0.25) is 9.69 Å². The molecule has 0 radical (unpaired) electrons. The summed E-state index contributed by atoms with van der Waals surface area (Å²) in [4.78, 5) is 17.1. The maximum atomic E-state index is 13.2. The molecule has 1 aliphatic carbocycles. The highest BCUT2D eigenvalue weighted by Crippen LogP contribution is 2.29. The zero-order valence-electron chi connectivity index (χ0n) is 15.4. The molecule has 2 aromatic carbocycles. The third-order valence-corrected chi connectivity index (χ3v) is 5.29. The summed E-state index contributed by atoms with van der Waals surface area (Å²) < 4.78 is 19.0. The molecule has 1 saturated carbocycles. The maximum Gasteiger partial charge on any atom is 0.236 e. The second kappa shape index (κ2) is 8.19. The first-order valence-corrected chi connectivity index (χ1v) is 9.62. The van der Waals surface area contributed by atoms with Crippen LogP contribution in [0.5, 0.6) is 0 Å². The summed E-state index contributed by atoms with van der Waals surface area (Å²) in [6.45, 7) is 2.89. The van der Waals surface area contributed by atoms with Gasteiger partial charge >= 0.3 is 0 Å². The van der Waals surface area contributed by atoms with Crippen LogP contribution in [0.15, 0.2) is 54.6 Å². The van der Waals surface area contributed by atoms with Crippen molar-refractivity contribution < 1.29 is 13.9 Å². The van der Waals surface area contributed by atoms with Crippen molar-refractivity contribution in [3.8, 4) is 0 Å². The molecule has 1 saturated heterocycles. The van der Waals surface area contributed by atoms with Gasteiger partial charge < -0.3 is 9.64 Å². The third kappa shape index (κ3) is 4.73. The molecule has 1 aliphatic heterocycles. The van der Waals surface area contributed by atoms with Crippen LogP contribution in [0.2, 0.25) is 0 Å². The highest BCUT2D eigenvalue weighted by atomic mass is 19.1. The van der Waals surface area contributed by atoms with Crippen LogP contribution in [-0.2, 0) is 16.1 Å². The van der Waals surface area contributed by atoms with Gasteiger partial charge in [0.2, 0.25) is 5.91 Å². The van der Waals surface area contributed by atoms with Gasteiger partial charge in [0.15, 0.2) is 0 Å². The summed E-state index contributed by atoms with van der Waals surface area (Å²) in [7, 11) is 0. The van der Waals surface area contributed by atoms with Gasteiger partial charge in [-0.05, 0) is 36.1 Å². The third-order valence-electron chi connectivity index (χ3n) is 5.29. The Bertz CT molecular complexity index is 762.